The van der Waals surface area contributed by atoms with Gasteiger partial charge in [0.2, 0.25) is 5.91 Å². The Bertz CT molecular complexity index is 295. The van der Waals surface area contributed by atoms with Crippen LogP contribution >= 0.6 is 0 Å². The summed E-state index contributed by atoms with van der Waals surface area (Å²) in [6.45, 7) is 4.00. The normalized spacial score (nSPS) is 27.6. The van der Waals surface area contributed by atoms with Crippen LogP contribution in [0.5, 0.6) is 0 Å². The molecule has 20 heavy (non-hydrogen) atoms. The molecule has 0 aliphatic carbocycles. The number of aliphatic hydroxyl groups excluding tert-OH is 1. The minimum atomic E-state index is 0.0539. The van der Waals surface area contributed by atoms with E-state index in [1.807, 2.05) is 0 Å². The van der Waals surface area contributed by atoms with E-state index in [1.165, 1.54) is 0 Å². The van der Waals surface area contributed by atoms with Crippen molar-refractivity contribution in [3.05, 3.63) is 0 Å². The summed E-state index contributed by atoms with van der Waals surface area (Å²) in [6.07, 6.45) is 4.52. The second kappa shape index (κ2) is 8.56. The Kier molecular flexibility index (Phi) is 6.72. The van der Waals surface area contributed by atoms with Gasteiger partial charge in [0.15, 0.2) is 0 Å². The first-order valence-corrected chi connectivity index (χ1v) is 7.61. The van der Waals surface area contributed by atoms with Crippen LogP contribution in [0.4, 0.5) is 0 Å². The van der Waals surface area contributed by atoms with Crippen LogP contribution in [0.25, 0.3) is 0 Å². The lowest BCUT2D eigenvalue weighted by Crippen LogP contribution is -2.46. The van der Waals surface area contributed by atoms with Crippen molar-refractivity contribution in [1.29, 1.82) is 0 Å². The highest BCUT2D eigenvalue weighted by molar-refractivity contribution is 5.78. The number of amides is 1. The molecule has 2 rings (SSSR count). The number of hydrogen-bond acceptors (Lipinski definition) is 5. The first-order chi connectivity index (χ1) is 9.78. The van der Waals surface area contributed by atoms with E-state index in [4.69, 9.17) is 14.6 Å². The molecule has 0 aromatic carbocycles. The highest BCUT2D eigenvalue weighted by Crippen LogP contribution is 2.13. The van der Waals surface area contributed by atoms with Gasteiger partial charge >= 0.3 is 0 Å². The molecule has 2 aliphatic rings. The number of ether oxygens (including phenoxy) is 2. The maximum Gasteiger partial charge on any atom is 0.234 e. The standard InChI is InChI=1S/C14H26N2O4/c17-6-8-20-13-3-1-5-16(10-13)11-14(18)15-9-12-4-2-7-19-12/h12-13,17H,1-11H2,(H,15,18). The van der Waals surface area contributed by atoms with Gasteiger partial charge < -0.3 is 19.9 Å². The van der Waals surface area contributed by atoms with Gasteiger partial charge in [0, 0.05) is 19.7 Å². The maximum absolute atomic E-state index is 11.9. The summed E-state index contributed by atoms with van der Waals surface area (Å²) in [7, 11) is 0. The molecule has 6 nitrogen and oxygen atoms in total. The van der Waals surface area contributed by atoms with Crippen molar-refractivity contribution < 1.29 is 19.4 Å². The number of rotatable bonds is 7. The van der Waals surface area contributed by atoms with E-state index in [0.29, 0.717) is 19.7 Å². The molecule has 6 heteroatoms. The SMILES string of the molecule is O=C(CN1CCCC(OCCO)C1)NCC1CCCO1. The first kappa shape index (κ1) is 15.7. The molecule has 2 unspecified atom stereocenters. The van der Waals surface area contributed by atoms with Crippen LogP contribution in [0.2, 0.25) is 0 Å². The number of likely N-dealkylation sites (tertiary alicyclic amines) is 1. The van der Waals surface area contributed by atoms with Crippen molar-refractivity contribution in [2.24, 2.45) is 0 Å². The lowest BCUT2D eigenvalue weighted by Gasteiger charge is -2.32. The zero-order chi connectivity index (χ0) is 14.2. The summed E-state index contributed by atoms with van der Waals surface area (Å²) in [5, 5.41) is 11.7. The molecule has 0 aromatic rings. The van der Waals surface area contributed by atoms with Crippen molar-refractivity contribution in [3.8, 4) is 0 Å². The fraction of sp³-hybridized carbons (Fsp3) is 0.929. The number of carbonyl (C=O) groups is 1. The molecule has 2 atom stereocenters. The highest BCUT2D eigenvalue weighted by atomic mass is 16.5. The molecule has 0 spiro atoms. The summed E-state index contributed by atoms with van der Waals surface area (Å²) < 4.78 is 11.0. The number of aliphatic hydroxyl groups is 1. The first-order valence-electron chi connectivity index (χ1n) is 7.61. The fourth-order valence-corrected chi connectivity index (χ4v) is 2.80. The largest absolute Gasteiger partial charge is 0.394 e. The average molecular weight is 286 g/mol. The van der Waals surface area contributed by atoms with Gasteiger partial charge in [-0.15, -0.1) is 0 Å². The van der Waals surface area contributed by atoms with Gasteiger partial charge in [-0.1, -0.05) is 0 Å². The number of piperidine rings is 1. The third-order valence-electron chi connectivity index (χ3n) is 3.83. The summed E-state index contributed by atoms with van der Waals surface area (Å²) in [5.41, 5.74) is 0. The molecule has 2 N–H and O–H groups in total. The van der Waals surface area contributed by atoms with Gasteiger partial charge in [0.25, 0.3) is 0 Å². The zero-order valence-electron chi connectivity index (χ0n) is 12.1. The van der Waals surface area contributed by atoms with Crippen LogP contribution in [0, 0.1) is 0 Å². The van der Waals surface area contributed by atoms with Crippen molar-refractivity contribution in [2.75, 3.05) is 46.0 Å². The predicted molar refractivity (Wildman–Crippen MR) is 74.5 cm³/mol. The van der Waals surface area contributed by atoms with Gasteiger partial charge in [-0.05, 0) is 32.2 Å². The Hall–Kier alpha value is -0.690. The molecule has 2 fully saturated rings. The van der Waals surface area contributed by atoms with Crippen LogP contribution in [-0.4, -0.2) is 74.1 Å². The fourth-order valence-electron chi connectivity index (χ4n) is 2.80. The van der Waals surface area contributed by atoms with E-state index >= 15 is 0 Å². The van der Waals surface area contributed by atoms with Gasteiger partial charge in [-0.2, -0.15) is 0 Å². The Labute approximate surface area is 120 Å². The molecule has 2 heterocycles. The average Bonchev–Trinajstić information content (AvgIpc) is 2.97. The van der Waals surface area contributed by atoms with Gasteiger partial charge in [0.1, 0.15) is 0 Å². The molecule has 2 aliphatic heterocycles. The number of carbonyl (C=O) groups excluding carboxylic acids is 1. The van der Waals surface area contributed by atoms with E-state index in [0.717, 1.165) is 45.4 Å². The summed E-state index contributed by atoms with van der Waals surface area (Å²) >= 11 is 0. The Morgan fingerprint density at radius 2 is 2.30 bits per heavy atom. The molecule has 0 bridgehead atoms. The number of hydrogen-bond donors (Lipinski definition) is 2. The quantitative estimate of drug-likeness (QED) is 0.675. The summed E-state index contributed by atoms with van der Waals surface area (Å²) in [5.74, 6) is 0.0586. The molecular formula is C14H26N2O4. The lowest BCUT2D eigenvalue weighted by molar-refractivity contribution is -0.123. The van der Waals surface area contributed by atoms with E-state index in [9.17, 15) is 4.79 Å². The van der Waals surface area contributed by atoms with E-state index in [1.54, 1.807) is 0 Å². The number of nitrogens with zero attached hydrogens (tertiary/aromatic N) is 1. The second-order valence-corrected chi connectivity index (χ2v) is 5.53. The van der Waals surface area contributed by atoms with E-state index < -0.39 is 0 Å². The topological polar surface area (TPSA) is 71.0 Å². The minimum absolute atomic E-state index is 0.0539. The third kappa shape index (κ3) is 5.36. The van der Waals surface area contributed by atoms with E-state index in [-0.39, 0.29) is 24.7 Å². The molecular weight excluding hydrogens is 260 g/mol. The minimum Gasteiger partial charge on any atom is -0.394 e. The summed E-state index contributed by atoms with van der Waals surface area (Å²) in [4.78, 5) is 14.0. The van der Waals surface area contributed by atoms with Crippen molar-refractivity contribution in [1.82, 2.24) is 10.2 Å². The molecule has 0 aromatic heterocycles. The van der Waals surface area contributed by atoms with Crippen LogP contribution < -0.4 is 5.32 Å². The van der Waals surface area contributed by atoms with Crippen LogP contribution in [0.15, 0.2) is 0 Å². The monoisotopic (exact) mass is 286 g/mol. The molecule has 1 amide bonds. The Morgan fingerprint density at radius 1 is 1.40 bits per heavy atom. The van der Waals surface area contributed by atoms with Crippen LogP contribution in [0.3, 0.4) is 0 Å². The second-order valence-electron chi connectivity index (χ2n) is 5.53. The third-order valence-corrected chi connectivity index (χ3v) is 3.83. The van der Waals surface area contributed by atoms with Crippen LogP contribution in [-0.2, 0) is 14.3 Å². The smallest absolute Gasteiger partial charge is 0.234 e. The summed E-state index contributed by atoms with van der Waals surface area (Å²) in [6, 6.07) is 0. The highest BCUT2D eigenvalue weighted by Gasteiger charge is 2.22. The van der Waals surface area contributed by atoms with Crippen LogP contribution in [0.1, 0.15) is 25.7 Å². The van der Waals surface area contributed by atoms with Crippen molar-refractivity contribution in [3.63, 3.8) is 0 Å². The van der Waals surface area contributed by atoms with Gasteiger partial charge in [0.05, 0.1) is 32.0 Å². The van der Waals surface area contributed by atoms with Crippen molar-refractivity contribution >= 4 is 5.91 Å². The van der Waals surface area contributed by atoms with E-state index in [2.05, 4.69) is 10.2 Å². The van der Waals surface area contributed by atoms with Gasteiger partial charge in [-0.25, -0.2) is 0 Å². The Morgan fingerprint density at radius 3 is 3.05 bits per heavy atom. The lowest BCUT2D eigenvalue weighted by atomic mass is 10.1. The van der Waals surface area contributed by atoms with Crippen molar-refractivity contribution in [2.45, 2.75) is 37.9 Å². The Balaban J connectivity index is 1.62. The molecule has 0 saturated carbocycles. The van der Waals surface area contributed by atoms with Gasteiger partial charge in [-0.3, -0.25) is 9.69 Å². The maximum atomic E-state index is 11.9. The predicted octanol–water partition coefficient (Wildman–Crippen LogP) is -0.245. The molecule has 116 valence electrons. The zero-order valence-corrected chi connectivity index (χ0v) is 12.1. The number of nitrogens with one attached hydrogen (secondary N) is 1. The molecule has 2 saturated heterocycles. The molecule has 0 radical (unpaired) electrons.